The molecule has 0 aliphatic carbocycles. The smallest absolute Gasteiger partial charge is 0.275 e. The summed E-state index contributed by atoms with van der Waals surface area (Å²) < 4.78 is 0. The highest BCUT2D eigenvalue weighted by atomic mass is 32.1. The molecular formula is C17H22N4OS. The summed E-state index contributed by atoms with van der Waals surface area (Å²) >= 11 is 1.41. The van der Waals surface area contributed by atoms with Crippen LogP contribution in [0.3, 0.4) is 0 Å². The Morgan fingerprint density at radius 2 is 2.00 bits per heavy atom. The van der Waals surface area contributed by atoms with Gasteiger partial charge in [-0.1, -0.05) is 12.1 Å². The second kappa shape index (κ2) is 7.68. The molecule has 122 valence electrons. The van der Waals surface area contributed by atoms with Crippen molar-refractivity contribution in [3.8, 4) is 0 Å². The Morgan fingerprint density at radius 1 is 1.26 bits per heavy atom. The Labute approximate surface area is 140 Å². The van der Waals surface area contributed by atoms with Gasteiger partial charge in [0, 0.05) is 24.2 Å². The second-order valence-corrected chi connectivity index (χ2v) is 6.72. The average Bonchev–Trinajstić information content (AvgIpc) is 3.25. The summed E-state index contributed by atoms with van der Waals surface area (Å²) in [5.41, 5.74) is 8.04. The van der Waals surface area contributed by atoms with Crippen LogP contribution in [0.4, 0.5) is 5.69 Å². The summed E-state index contributed by atoms with van der Waals surface area (Å²) in [7, 11) is 0. The third kappa shape index (κ3) is 4.37. The standard InChI is InChI=1S/C17H22N4OS/c18-11-16-20-15(12-23-16)17(22)19-14-5-3-13(4-6-14)7-10-21-8-1-2-9-21/h3-6,12H,1-2,7-11,18H2,(H,19,22). The number of amides is 1. The Balaban J connectivity index is 1.53. The minimum absolute atomic E-state index is 0.189. The number of thiazole rings is 1. The van der Waals surface area contributed by atoms with E-state index in [1.54, 1.807) is 5.38 Å². The first-order chi connectivity index (χ1) is 11.2. The lowest BCUT2D eigenvalue weighted by molar-refractivity contribution is 0.102. The Hall–Kier alpha value is -1.76. The zero-order chi connectivity index (χ0) is 16.1. The van der Waals surface area contributed by atoms with Gasteiger partial charge in [-0.05, 0) is 50.0 Å². The van der Waals surface area contributed by atoms with E-state index in [1.807, 2.05) is 12.1 Å². The first-order valence-corrected chi connectivity index (χ1v) is 8.89. The van der Waals surface area contributed by atoms with Crippen molar-refractivity contribution in [3.63, 3.8) is 0 Å². The Bertz CT molecular complexity index is 647. The van der Waals surface area contributed by atoms with Crippen LogP contribution in [-0.4, -0.2) is 35.4 Å². The van der Waals surface area contributed by atoms with E-state index in [1.165, 1.54) is 42.8 Å². The summed E-state index contributed by atoms with van der Waals surface area (Å²) in [5.74, 6) is -0.189. The number of nitrogens with one attached hydrogen (secondary N) is 1. The monoisotopic (exact) mass is 330 g/mol. The molecule has 1 aliphatic heterocycles. The van der Waals surface area contributed by atoms with Crippen LogP contribution in [-0.2, 0) is 13.0 Å². The van der Waals surface area contributed by atoms with Gasteiger partial charge in [0.05, 0.1) is 0 Å². The Morgan fingerprint density at radius 3 is 2.65 bits per heavy atom. The number of hydrogen-bond acceptors (Lipinski definition) is 5. The molecule has 1 aromatic heterocycles. The van der Waals surface area contributed by atoms with E-state index < -0.39 is 0 Å². The van der Waals surface area contributed by atoms with Gasteiger partial charge in [0.25, 0.3) is 5.91 Å². The molecule has 1 fully saturated rings. The molecule has 3 rings (SSSR count). The van der Waals surface area contributed by atoms with E-state index in [0.29, 0.717) is 12.2 Å². The van der Waals surface area contributed by atoms with E-state index in [-0.39, 0.29) is 5.91 Å². The number of hydrogen-bond donors (Lipinski definition) is 2. The maximum absolute atomic E-state index is 12.1. The fourth-order valence-corrected chi connectivity index (χ4v) is 3.41. The third-order valence-electron chi connectivity index (χ3n) is 4.09. The molecule has 1 aliphatic rings. The highest BCUT2D eigenvalue weighted by Crippen LogP contribution is 2.15. The van der Waals surface area contributed by atoms with Gasteiger partial charge in [0.1, 0.15) is 10.7 Å². The zero-order valence-corrected chi connectivity index (χ0v) is 13.9. The predicted molar refractivity (Wildman–Crippen MR) is 93.8 cm³/mol. The molecule has 1 saturated heterocycles. The van der Waals surface area contributed by atoms with Gasteiger partial charge in [-0.2, -0.15) is 0 Å². The molecule has 5 nitrogen and oxygen atoms in total. The molecule has 2 heterocycles. The molecule has 6 heteroatoms. The summed E-state index contributed by atoms with van der Waals surface area (Å²) in [4.78, 5) is 18.8. The summed E-state index contributed by atoms with van der Waals surface area (Å²) in [5, 5.41) is 5.38. The van der Waals surface area contributed by atoms with Crippen LogP contribution < -0.4 is 11.1 Å². The molecule has 1 amide bonds. The molecule has 0 saturated carbocycles. The van der Waals surface area contributed by atoms with Crippen LogP contribution >= 0.6 is 11.3 Å². The van der Waals surface area contributed by atoms with Gasteiger partial charge in [-0.25, -0.2) is 4.98 Å². The molecule has 23 heavy (non-hydrogen) atoms. The number of anilines is 1. The lowest BCUT2D eigenvalue weighted by Crippen LogP contribution is -2.21. The van der Waals surface area contributed by atoms with E-state index in [4.69, 9.17) is 5.73 Å². The normalized spacial score (nSPS) is 15.0. The summed E-state index contributed by atoms with van der Waals surface area (Å²) in [6, 6.07) is 8.07. The van der Waals surface area contributed by atoms with Crippen molar-refractivity contribution in [1.82, 2.24) is 9.88 Å². The Kier molecular flexibility index (Phi) is 5.38. The fourth-order valence-electron chi connectivity index (χ4n) is 2.75. The maximum Gasteiger partial charge on any atom is 0.275 e. The number of nitrogens with zero attached hydrogens (tertiary/aromatic N) is 2. The lowest BCUT2D eigenvalue weighted by Gasteiger charge is -2.14. The maximum atomic E-state index is 12.1. The van der Waals surface area contributed by atoms with E-state index >= 15 is 0 Å². The van der Waals surface area contributed by atoms with Gasteiger partial charge in [0.2, 0.25) is 0 Å². The quantitative estimate of drug-likeness (QED) is 0.854. The lowest BCUT2D eigenvalue weighted by atomic mass is 10.1. The number of nitrogens with two attached hydrogens (primary N) is 1. The molecule has 0 spiro atoms. The number of carbonyl (C=O) groups is 1. The largest absolute Gasteiger partial charge is 0.325 e. The van der Waals surface area contributed by atoms with Crippen LogP contribution in [0.25, 0.3) is 0 Å². The molecule has 0 bridgehead atoms. The molecule has 0 atom stereocenters. The molecule has 2 aromatic rings. The summed E-state index contributed by atoms with van der Waals surface area (Å²) in [6.45, 7) is 3.94. The number of aromatic nitrogens is 1. The van der Waals surface area contributed by atoms with Gasteiger partial charge in [-0.15, -0.1) is 11.3 Å². The third-order valence-corrected chi connectivity index (χ3v) is 4.96. The highest BCUT2D eigenvalue weighted by molar-refractivity contribution is 7.09. The van der Waals surface area contributed by atoms with Crippen molar-refractivity contribution in [2.75, 3.05) is 25.0 Å². The second-order valence-electron chi connectivity index (χ2n) is 5.78. The number of likely N-dealkylation sites (tertiary alicyclic amines) is 1. The molecule has 0 unspecified atom stereocenters. The van der Waals surface area contributed by atoms with Gasteiger partial charge < -0.3 is 16.0 Å². The van der Waals surface area contributed by atoms with E-state index in [9.17, 15) is 4.79 Å². The molecular weight excluding hydrogens is 308 g/mol. The van der Waals surface area contributed by atoms with Crippen molar-refractivity contribution in [2.24, 2.45) is 5.73 Å². The number of benzene rings is 1. The topological polar surface area (TPSA) is 71.2 Å². The summed E-state index contributed by atoms with van der Waals surface area (Å²) in [6.07, 6.45) is 3.71. The SMILES string of the molecule is NCc1nc(C(=O)Nc2ccc(CCN3CCCC3)cc2)cs1. The van der Waals surface area contributed by atoms with Crippen LogP contribution in [0, 0.1) is 0 Å². The van der Waals surface area contributed by atoms with E-state index in [0.717, 1.165) is 23.7 Å². The van der Waals surface area contributed by atoms with Crippen molar-refractivity contribution >= 4 is 22.9 Å². The van der Waals surface area contributed by atoms with Crippen LogP contribution in [0.5, 0.6) is 0 Å². The minimum atomic E-state index is -0.189. The zero-order valence-electron chi connectivity index (χ0n) is 13.1. The molecule has 3 N–H and O–H groups in total. The predicted octanol–water partition coefficient (Wildman–Crippen LogP) is 2.49. The number of carbonyl (C=O) groups excluding carboxylic acids is 1. The van der Waals surface area contributed by atoms with Crippen molar-refractivity contribution in [1.29, 1.82) is 0 Å². The fraction of sp³-hybridized carbons (Fsp3) is 0.412. The van der Waals surface area contributed by atoms with Crippen molar-refractivity contribution in [2.45, 2.75) is 25.8 Å². The molecule has 1 aromatic carbocycles. The molecule has 0 radical (unpaired) electrons. The van der Waals surface area contributed by atoms with Gasteiger partial charge in [-0.3, -0.25) is 4.79 Å². The minimum Gasteiger partial charge on any atom is -0.325 e. The van der Waals surface area contributed by atoms with Crippen LogP contribution in [0.2, 0.25) is 0 Å². The van der Waals surface area contributed by atoms with E-state index in [2.05, 4.69) is 27.3 Å². The van der Waals surface area contributed by atoms with Crippen LogP contribution in [0.1, 0.15) is 33.9 Å². The van der Waals surface area contributed by atoms with Crippen LogP contribution in [0.15, 0.2) is 29.6 Å². The number of rotatable bonds is 6. The van der Waals surface area contributed by atoms with Gasteiger partial charge >= 0.3 is 0 Å². The highest BCUT2D eigenvalue weighted by Gasteiger charge is 2.12. The van der Waals surface area contributed by atoms with Gasteiger partial charge in [0.15, 0.2) is 0 Å². The first kappa shape index (κ1) is 16.1. The average molecular weight is 330 g/mol. The van der Waals surface area contributed by atoms with Crippen molar-refractivity contribution < 1.29 is 4.79 Å². The first-order valence-electron chi connectivity index (χ1n) is 8.02. The van der Waals surface area contributed by atoms with Crippen molar-refractivity contribution in [3.05, 3.63) is 45.9 Å².